The summed E-state index contributed by atoms with van der Waals surface area (Å²) in [6.45, 7) is 27.3. The van der Waals surface area contributed by atoms with Crippen molar-refractivity contribution in [2.24, 2.45) is 0 Å². The number of hydrogen-bond acceptors (Lipinski definition) is 2. The average Bonchev–Trinajstić information content (AvgIpc) is 3.88. The SMILES string of the molecule is CC(C)(C)c1cc(-c2c3nc(c(Br)c4ccc([n-]4)c(-c4cc(C(C)(C)C)cc(C(C)(C)C)c4)c4nc(cc5ccc2[n-]5)C=C4)C=C3)cc(C(C)(C)C)c1.[Zn+2]. The van der Waals surface area contributed by atoms with Crippen molar-refractivity contribution in [3.8, 4) is 22.3 Å². The van der Waals surface area contributed by atoms with Gasteiger partial charge in [0, 0.05) is 4.47 Å². The van der Waals surface area contributed by atoms with Crippen LogP contribution in [-0.2, 0) is 41.1 Å². The molecule has 0 radical (unpaired) electrons. The van der Waals surface area contributed by atoms with Crippen molar-refractivity contribution < 1.29 is 19.5 Å². The predicted molar refractivity (Wildman–Crippen MR) is 230 cm³/mol. The van der Waals surface area contributed by atoms with Crippen LogP contribution in [0, 0.1) is 0 Å². The summed E-state index contributed by atoms with van der Waals surface area (Å²) in [7, 11) is 0. The molecular weight excluding hydrogens is 778 g/mol. The monoisotopic (exact) mass is 826 g/mol. The van der Waals surface area contributed by atoms with Crippen LogP contribution in [-0.4, -0.2) is 9.97 Å². The van der Waals surface area contributed by atoms with E-state index in [1.165, 1.54) is 22.3 Å². The fourth-order valence-electron chi connectivity index (χ4n) is 6.86. The summed E-state index contributed by atoms with van der Waals surface area (Å²) in [5.41, 5.74) is 16.2. The molecule has 4 nitrogen and oxygen atoms in total. The smallest absolute Gasteiger partial charge is 0.657 e. The Morgan fingerprint density at radius 3 is 1.35 bits per heavy atom. The zero-order valence-corrected chi connectivity index (χ0v) is 38.6. The maximum atomic E-state index is 5.27. The summed E-state index contributed by atoms with van der Waals surface area (Å²) in [6.07, 6.45) is 8.40. The fraction of sp³-hybridized carbons (Fsp3) is 0.333. The predicted octanol–water partition coefficient (Wildman–Crippen LogP) is 13.2. The van der Waals surface area contributed by atoms with Crippen LogP contribution in [0.4, 0.5) is 0 Å². The molecule has 5 heterocycles. The number of aromatic nitrogens is 4. The minimum Gasteiger partial charge on any atom is -0.657 e. The Morgan fingerprint density at radius 1 is 0.444 bits per heavy atom. The number of fused-ring (bicyclic) bond motifs is 8. The zero-order chi connectivity index (χ0) is 38.2. The van der Waals surface area contributed by atoms with Crippen molar-refractivity contribution in [3.63, 3.8) is 0 Å². The molecule has 0 saturated heterocycles. The maximum absolute atomic E-state index is 5.27. The fourth-order valence-corrected chi connectivity index (χ4v) is 7.30. The van der Waals surface area contributed by atoms with E-state index in [0.29, 0.717) is 0 Å². The third kappa shape index (κ3) is 7.93. The van der Waals surface area contributed by atoms with Gasteiger partial charge in [0.25, 0.3) is 0 Å². The molecule has 0 atom stereocenters. The standard InChI is InChI=1S/C48H51BrN4.Zn/c1-45(2,3)30-21-28(22-31(25-30)46(4,5)6)42-36-15-13-34(50-36)27-35-14-16-37(51-35)43(29-23-32(47(7,8)9)26-33(24-29)48(10,11)12)39-18-20-41(53-39)44(49)40-19-17-38(42)52-40;/h13-27H,1-12H3;/q-2;+2. The number of nitrogens with zero attached hydrogens (tertiary/aromatic N) is 4. The first-order valence-corrected chi connectivity index (χ1v) is 19.5. The molecule has 8 bridgehead atoms. The molecule has 0 amide bonds. The summed E-state index contributed by atoms with van der Waals surface area (Å²) >= 11 is 3.94. The first-order valence-electron chi connectivity index (χ1n) is 18.7. The number of benzene rings is 2. The average molecular weight is 829 g/mol. The van der Waals surface area contributed by atoms with Gasteiger partial charge in [0.1, 0.15) is 0 Å². The van der Waals surface area contributed by atoms with Gasteiger partial charge >= 0.3 is 19.5 Å². The molecule has 0 saturated carbocycles. The molecule has 0 fully saturated rings. The normalized spacial score (nSPS) is 13.4. The number of rotatable bonds is 2. The number of hydrogen-bond donors (Lipinski definition) is 0. The molecule has 5 aromatic rings. The first kappa shape index (κ1) is 39.8. The first-order chi connectivity index (χ1) is 24.6. The molecule has 54 heavy (non-hydrogen) atoms. The molecule has 3 aromatic heterocycles. The molecule has 6 heteroatoms. The Hall–Kier alpha value is -3.86. The third-order valence-electron chi connectivity index (χ3n) is 10.3. The van der Waals surface area contributed by atoms with Gasteiger partial charge < -0.3 is 9.97 Å². The summed E-state index contributed by atoms with van der Waals surface area (Å²) in [5.74, 6) is 0. The minimum absolute atomic E-state index is 0. The Bertz CT molecular complexity index is 2360. The summed E-state index contributed by atoms with van der Waals surface area (Å²) < 4.78 is 0.846. The van der Waals surface area contributed by atoms with Gasteiger partial charge in [-0.05, 0) is 106 Å². The van der Waals surface area contributed by atoms with E-state index in [0.717, 1.165) is 71.6 Å². The molecule has 7 rings (SSSR count). The van der Waals surface area contributed by atoms with E-state index in [2.05, 4.69) is 190 Å². The van der Waals surface area contributed by atoms with Gasteiger partial charge in [-0.15, -0.1) is 22.1 Å². The van der Waals surface area contributed by atoms with Gasteiger partial charge in [0.15, 0.2) is 0 Å². The largest absolute Gasteiger partial charge is 2.00 e. The van der Waals surface area contributed by atoms with Crippen LogP contribution >= 0.6 is 15.9 Å². The second kappa shape index (κ2) is 14.0. The van der Waals surface area contributed by atoms with Crippen molar-refractivity contribution >= 4 is 62.3 Å². The molecule has 2 aliphatic rings. The summed E-state index contributed by atoms with van der Waals surface area (Å²) in [4.78, 5) is 21.0. The second-order valence-electron chi connectivity index (χ2n) is 18.7. The molecule has 2 aliphatic heterocycles. The quantitative estimate of drug-likeness (QED) is 0.163. The Balaban J connectivity index is 0.00000497. The summed E-state index contributed by atoms with van der Waals surface area (Å²) in [5, 5.41) is 0. The van der Waals surface area contributed by atoms with Crippen molar-refractivity contribution in [3.05, 3.63) is 116 Å². The Morgan fingerprint density at radius 2 is 0.852 bits per heavy atom. The van der Waals surface area contributed by atoms with Gasteiger partial charge in [-0.3, -0.25) is 0 Å². The van der Waals surface area contributed by atoms with Crippen LogP contribution < -0.4 is 9.97 Å². The van der Waals surface area contributed by atoms with Crippen LogP contribution in [0.2, 0.25) is 0 Å². The van der Waals surface area contributed by atoms with Crippen molar-refractivity contribution in [2.45, 2.75) is 105 Å². The van der Waals surface area contributed by atoms with Crippen LogP contribution in [0.1, 0.15) is 128 Å². The van der Waals surface area contributed by atoms with E-state index in [9.17, 15) is 0 Å². The van der Waals surface area contributed by atoms with E-state index in [-0.39, 0.29) is 41.1 Å². The zero-order valence-electron chi connectivity index (χ0n) is 34.0. The minimum atomic E-state index is -0.0325. The van der Waals surface area contributed by atoms with Gasteiger partial charge in [-0.1, -0.05) is 150 Å². The Kier molecular flexibility index (Phi) is 10.3. The van der Waals surface area contributed by atoms with Crippen LogP contribution in [0.25, 0.3) is 68.6 Å². The van der Waals surface area contributed by atoms with Crippen molar-refractivity contribution in [2.75, 3.05) is 0 Å². The van der Waals surface area contributed by atoms with Crippen LogP contribution in [0.5, 0.6) is 0 Å². The Labute approximate surface area is 343 Å². The van der Waals surface area contributed by atoms with E-state index in [1.54, 1.807) is 0 Å². The number of halogens is 1. The maximum Gasteiger partial charge on any atom is 2.00 e. The summed E-state index contributed by atoms with van der Waals surface area (Å²) in [6, 6.07) is 24.5. The molecule has 0 unspecified atom stereocenters. The topological polar surface area (TPSA) is 54.0 Å². The van der Waals surface area contributed by atoms with E-state index in [4.69, 9.17) is 19.9 Å². The molecule has 0 spiro atoms. The molecule has 2 aromatic carbocycles. The third-order valence-corrected chi connectivity index (χ3v) is 11.1. The molecular formula is C48H51BrN4Zn. The van der Waals surface area contributed by atoms with Gasteiger partial charge in [-0.25, -0.2) is 9.97 Å². The second-order valence-corrected chi connectivity index (χ2v) is 19.5. The molecule has 272 valence electrons. The van der Waals surface area contributed by atoms with Crippen LogP contribution in [0.3, 0.4) is 0 Å². The molecule has 0 aliphatic carbocycles. The van der Waals surface area contributed by atoms with Gasteiger partial charge in [0.05, 0.1) is 22.8 Å². The van der Waals surface area contributed by atoms with Crippen LogP contribution in [0.15, 0.2) is 71.2 Å². The van der Waals surface area contributed by atoms with Crippen molar-refractivity contribution in [1.29, 1.82) is 0 Å². The van der Waals surface area contributed by atoms with E-state index in [1.807, 2.05) is 0 Å². The molecule has 0 N–H and O–H groups in total. The van der Waals surface area contributed by atoms with Gasteiger partial charge in [-0.2, -0.15) is 0 Å². The van der Waals surface area contributed by atoms with E-state index >= 15 is 0 Å². The van der Waals surface area contributed by atoms with Gasteiger partial charge in [0.2, 0.25) is 0 Å². The van der Waals surface area contributed by atoms with E-state index < -0.39 is 0 Å². The van der Waals surface area contributed by atoms with Crippen molar-refractivity contribution in [1.82, 2.24) is 19.9 Å².